The van der Waals surface area contributed by atoms with Crippen LogP contribution in [0, 0.1) is 5.41 Å². The molecule has 0 aromatic rings. The molecule has 0 bridgehead atoms. The summed E-state index contributed by atoms with van der Waals surface area (Å²) in [5, 5.41) is 9.96. The number of aliphatic hydroxyl groups excluding tert-OH is 1. The molecule has 2 nitrogen and oxygen atoms in total. The Hall–Kier alpha value is -0.860. The lowest BCUT2D eigenvalue weighted by atomic mass is 9.89. The van der Waals surface area contributed by atoms with Gasteiger partial charge in [-0.25, -0.2) is 0 Å². The first-order valence-electron chi connectivity index (χ1n) is 9.74. The highest BCUT2D eigenvalue weighted by molar-refractivity contribution is 5.06. The highest BCUT2D eigenvalue weighted by Gasteiger charge is 2.36. The monoisotopic (exact) mass is 334 g/mol. The number of hydrogen-bond acceptors (Lipinski definition) is 2. The summed E-state index contributed by atoms with van der Waals surface area (Å²) >= 11 is 0. The summed E-state index contributed by atoms with van der Waals surface area (Å²) in [4.78, 5) is 0. The van der Waals surface area contributed by atoms with Gasteiger partial charge in [0.05, 0.1) is 12.2 Å². The van der Waals surface area contributed by atoms with Crippen LogP contribution in [-0.4, -0.2) is 23.4 Å². The zero-order valence-electron chi connectivity index (χ0n) is 16.2. The zero-order chi connectivity index (χ0) is 17.8. The largest absolute Gasteiger partial charge is 0.389 e. The van der Waals surface area contributed by atoms with E-state index in [0.29, 0.717) is 17.9 Å². The van der Waals surface area contributed by atoms with E-state index >= 15 is 0 Å². The van der Waals surface area contributed by atoms with Crippen LogP contribution in [0.1, 0.15) is 79.1 Å². The maximum atomic E-state index is 9.96. The van der Waals surface area contributed by atoms with Crippen LogP contribution in [0.15, 0.2) is 36.5 Å². The van der Waals surface area contributed by atoms with Crippen molar-refractivity contribution in [3.05, 3.63) is 36.5 Å². The Morgan fingerprint density at radius 3 is 2.54 bits per heavy atom. The third-order valence-electron chi connectivity index (χ3n) is 4.28. The van der Waals surface area contributed by atoms with Gasteiger partial charge in [-0.3, -0.25) is 0 Å². The van der Waals surface area contributed by atoms with E-state index in [4.69, 9.17) is 4.74 Å². The lowest BCUT2D eigenvalue weighted by Crippen LogP contribution is -2.07. The third kappa shape index (κ3) is 11.6. The second kappa shape index (κ2) is 11.7. The normalized spacial score (nSPS) is 22.9. The van der Waals surface area contributed by atoms with Crippen LogP contribution >= 0.6 is 0 Å². The lowest BCUT2D eigenvalue weighted by Gasteiger charge is -2.16. The smallest absolute Gasteiger partial charge is 0.102 e. The van der Waals surface area contributed by atoms with Crippen molar-refractivity contribution >= 4 is 0 Å². The molecule has 0 amide bonds. The molecule has 3 unspecified atom stereocenters. The molecule has 1 heterocycles. The Morgan fingerprint density at radius 2 is 1.83 bits per heavy atom. The van der Waals surface area contributed by atoms with Gasteiger partial charge in [0.25, 0.3) is 0 Å². The molecule has 1 aliphatic rings. The molecule has 0 aromatic carbocycles. The van der Waals surface area contributed by atoms with Gasteiger partial charge in [0.15, 0.2) is 0 Å². The van der Waals surface area contributed by atoms with Gasteiger partial charge < -0.3 is 9.84 Å². The Balaban J connectivity index is 2.06. The van der Waals surface area contributed by atoms with Crippen molar-refractivity contribution in [1.82, 2.24) is 0 Å². The molecule has 3 atom stereocenters. The minimum atomic E-state index is -0.401. The van der Waals surface area contributed by atoms with Crippen molar-refractivity contribution in [2.75, 3.05) is 0 Å². The van der Waals surface area contributed by atoms with E-state index in [1.807, 2.05) is 12.2 Å². The average Bonchev–Trinajstić information content (AvgIpc) is 3.27. The fraction of sp³-hybridized carbons (Fsp3) is 0.727. The Kier molecular flexibility index (Phi) is 10.3. The quantitative estimate of drug-likeness (QED) is 0.271. The first-order chi connectivity index (χ1) is 11.4. The van der Waals surface area contributed by atoms with Gasteiger partial charge in [-0.05, 0) is 43.9 Å². The first-order valence-corrected chi connectivity index (χ1v) is 9.74. The van der Waals surface area contributed by atoms with Crippen LogP contribution in [0.25, 0.3) is 0 Å². The second-order valence-corrected chi connectivity index (χ2v) is 8.10. The van der Waals surface area contributed by atoms with Crippen LogP contribution in [0.4, 0.5) is 0 Å². The number of ether oxygens (including phenoxy) is 1. The minimum absolute atomic E-state index is 0.219. The van der Waals surface area contributed by atoms with Crippen molar-refractivity contribution in [3.63, 3.8) is 0 Å². The predicted molar refractivity (Wildman–Crippen MR) is 104 cm³/mol. The van der Waals surface area contributed by atoms with Gasteiger partial charge in [-0.2, -0.15) is 0 Å². The van der Waals surface area contributed by atoms with Gasteiger partial charge in [0.1, 0.15) is 6.10 Å². The van der Waals surface area contributed by atoms with Crippen LogP contribution in [0.3, 0.4) is 0 Å². The van der Waals surface area contributed by atoms with Crippen molar-refractivity contribution in [2.24, 2.45) is 5.41 Å². The maximum absolute atomic E-state index is 9.96. The number of unbranched alkanes of at least 4 members (excludes halogenated alkanes) is 3. The van der Waals surface area contributed by atoms with E-state index in [-0.39, 0.29) is 6.10 Å². The summed E-state index contributed by atoms with van der Waals surface area (Å²) in [5.74, 6) is 0. The molecule has 0 spiro atoms. The fourth-order valence-corrected chi connectivity index (χ4v) is 2.59. The Morgan fingerprint density at radius 1 is 1.08 bits per heavy atom. The molecule has 0 radical (unpaired) electrons. The summed E-state index contributed by atoms with van der Waals surface area (Å²) in [7, 11) is 0. The first kappa shape index (κ1) is 21.2. The molecule has 138 valence electrons. The van der Waals surface area contributed by atoms with Gasteiger partial charge in [0, 0.05) is 0 Å². The summed E-state index contributed by atoms with van der Waals surface area (Å²) in [6.45, 7) is 9.01. The van der Waals surface area contributed by atoms with Crippen LogP contribution in [0.2, 0.25) is 0 Å². The number of hydrogen-bond donors (Lipinski definition) is 1. The minimum Gasteiger partial charge on any atom is -0.389 e. The van der Waals surface area contributed by atoms with Crippen LogP contribution < -0.4 is 0 Å². The summed E-state index contributed by atoms with van der Waals surface area (Å²) in [5.41, 5.74) is 0.370. The predicted octanol–water partition coefficient (Wildman–Crippen LogP) is 5.97. The second-order valence-electron chi connectivity index (χ2n) is 8.10. The highest BCUT2D eigenvalue weighted by Crippen LogP contribution is 2.32. The molecule has 2 heteroatoms. The van der Waals surface area contributed by atoms with E-state index in [1.165, 1.54) is 32.1 Å². The zero-order valence-corrected chi connectivity index (χ0v) is 16.2. The van der Waals surface area contributed by atoms with Gasteiger partial charge >= 0.3 is 0 Å². The molecule has 1 rings (SSSR count). The van der Waals surface area contributed by atoms with Crippen molar-refractivity contribution in [3.8, 4) is 0 Å². The molecule has 0 saturated carbocycles. The van der Waals surface area contributed by atoms with Gasteiger partial charge in [0.2, 0.25) is 0 Å². The number of allylic oxidation sites excluding steroid dienone is 3. The van der Waals surface area contributed by atoms with E-state index < -0.39 is 6.10 Å². The topological polar surface area (TPSA) is 32.8 Å². The third-order valence-corrected chi connectivity index (χ3v) is 4.28. The van der Waals surface area contributed by atoms with Crippen molar-refractivity contribution in [1.29, 1.82) is 0 Å². The summed E-state index contributed by atoms with van der Waals surface area (Å²) < 4.78 is 5.64. The van der Waals surface area contributed by atoms with E-state index in [0.717, 1.165) is 12.8 Å². The van der Waals surface area contributed by atoms with E-state index in [1.54, 1.807) is 0 Å². The molecular formula is C22H38O2. The highest BCUT2D eigenvalue weighted by atomic mass is 16.6. The molecule has 0 aromatic heterocycles. The molecule has 0 aliphatic carbocycles. The van der Waals surface area contributed by atoms with Crippen molar-refractivity contribution < 1.29 is 9.84 Å². The van der Waals surface area contributed by atoms with E-state index in [9.17, 15) is 5.11 Å². The standard InChI is InChI=1S/C22H38O2/c1-5-6-7-8-9-10-11-12-13-14-19(23)15-16-20-21(24-20)17-18-22(2,3)4/h9-10,12-13,15-16,19-21,23H,5-8,11,14,17-18H2,1-4H3/b10-9-,13-12-,16-15+. The SMILES string of the molecule is CCCCC/C=C\C/C=C\CC(O)/C=C/C1OC1CCC(C)(C)C. The molecule has 1 fully saturated rings. The number of epoxide rings is 1. The molecule has 24 heavy (non-hydrogen) atoms. The molecular weight excluding hydrogens is 296 g/mol. The Labute approximate surface area is 149 Å². The number of rotatable bonds is 12. The van der Waals surface area contributed by atoms with Crippen LogP contribution in [-0.2, 0) is 4.74 Å². The van der Waals surface area contributed by atoms with E-state index in [2.05, 4.69) is 52.0 Å². The van der Waals surface area contributed by atoms with Crippen LogP contribution in [0.5, 0.6) is 0 Å². The Bertz CT molecular complexity index is 401. The molecule has 1 saturated heterocycles. The maximum Gasteiger partial charge on any atom is 0.102 e. The fourth-order valence-electron chi connectivity index (χ4n) is 2.59. The van der Waals surface area contributed by atoms with Crippen molar-refractivity contribution in [2.45, 2.75) is 97.4 Å². The average molecular weight is 335 g/mol. The number of aliphatic hydroxyl groups is 1. The summed E-state index contributed by atoms with van der Waals surface area (Å²) in [6.07, 6.45) is 21.8. The molecule has 1 aliphatic heterocycles. The van der Waals surface area contributed by atoms with Gasteiger partial charge in [-0.15, -0.1) is 0 Å². The lowest BCUT2D eigenvalue weighted by molar-refractivity contribution is 0.226. The molecule has 1 N–H and O–H groups in total. The summed E-state index contributed by atoms with van der Waals surface area (Å²) in [6, 6.07) is 0. The van der Waals surface area contributed by atoms with Gasteiger partial charge in [-0.1, -0.05) is 77.0 Å².